The normalized spacial score (nSPS) is 20.9. The lowest BCUT2D eigenvalue weighted by Crippen LogP contribution is -2.56. The second kappa shape index (κ2) is 4.00. The summed E-state index contributed by atoms with van der Waals surface area (Å²) in [5, 5.41) is 8.09. The molecule has 8 heteroatoms. The predicted octanol–water partition coefficient (Wildman–Crippen LogP) is -1.18. The maximum absolute atomic E-state index is 11.4. The molecule has 0 saturated heterocycles. The van der Waals surface area contributed by atoms with E-state index >= 15 is 0 Å². The van der Waals surface area contributed by atoms with E-state index in [1.54, 1.807) is 0 Å². The number of sulfonamides is 1. The molecule has 0 atom stereocenters. The molecule has 0 aromatic rings. The average molecular weight is 257 g/mol. The van der Waals surface area contributed by atoms with Gasteiger partial charge in [-0.2, -0.15) is 0 Å². The molecule has 0 spiro atoms. The van der Waals surface area contributed by atoms with Crippen molar-refractivity contribution in [2.24, 2.45) is 0 Å². The summed E-state index contributed by atoms with van der Waals surface area (Å²) in [6.45, 7) is -0.296. The van der Waals surface area contributed by atoms with Gasteiger partial charge < -0.3 is 5.11 Å². The van der Waals surface area contributed by atoms with Crippen LogP contribution in [0.3, 0.4) is 0 Å². The molecular formula is C7H15NO5S2. The van der Waals surface area contributed by atoms with Gasteiger partial charge in [0.1, 0.15) is 0 Å². The molecule has 0 aliphatic heterocycles. The van der Waals surface area contributed by atoms with Crippen LogP contribution >= 0.6 is 0 Å². The van der Waals surface area contributed by atoms with Crippen LogP contribution in [0, 0.1) is 0 Å². The third-order valence-corrected chi connectivity index (χ3v) is 6.05. The monoisotopic (exact) mass is 257 g/mol. The second-order valence-electron chi connectivity index (χ2n) is 4.05. The Morgan fingerprint density at radius 3 is 2.07 bits per heavy atom. The van der Waals surface area contributed by atoms with Gasteiger partial charge in [0.05, 0.1) is 12.1 Å². The van der Waals surface area contributed by atoms with Crippen molar-refractivity contribution in [3.05, 3.63) is 0 Å². The molecule has 1 fully saturated rings. The summed E-state index contributed by atoms with van der Waals surface area (Å²) in [4.78, 5) is 0. The van der Waals surface area contributed by atoms with E-state index in [9.17, 15) is 16.8 Å². The van der Waals surface area contributed by atoms with Gasteiger partial charge >= 0.3 is 0 Å². The molecule has 0 amide bonds. The average Bonchev–Trinajstić information content (AvgIpc) is 1.92. The highest BCUT2D eigenvalue weighted by molar-refractivity contribution is 8.06. The maximum Gasteiger partial charge on any atom is 0.226 e. The van der Waals surface area contributed by atoms with Crippen molar-refractivity contribution < 1.29 is 21.9 Å². The van der Waals surface area contributed by atoms with Gasteiger partial charge in [-0.1, -0.05) is 0 Å². The van der Waals surface area contributed by atoms with Crippen LogP contribution in [0.2, 0.25) is 0 Å². The molecule has 1 saturated carbocycles. The van der Waals surface area contributed by atoms with E-state index in [1.807, 2.05) is 0 Å². The van der Waals surface area contributed by atoms with Crippen molar-refractivity contribution in [3.8, 4) is 0 Å². The first-order valence-corrected chi connectivity index (χ1v) is 8.20. The van der Waals surface area contributed by atoms with Gasteiger partial charge in [0.25, 0.3) is 0 Å². The first kappa shape index (κ1) is 12.9. The minimum atomic E-state index is -3.87. The van der Waals surface area contributed by atoms with Gasteiger partial charge in [-0.25, -0.2) is 21.6 Å². The van der Waals surface area contributed by atoms with Crippen LogP contribution in [-0.4, -0.2) is 45.4 Å². The zero-order chi connectivity index (χ0) is 11.7. The van der Waals surface area contributed by atoms with Gasteiger partial charge in [0, 0.05) is 6.26 Å². The number of aliphatic hydroxyl groups is 1. The lowest BCUT2D eigenvalue weighted by molar-refractivity contribution is 0.111. The third-order valence-electron chi connectivity index (χ3n) is 2.35. The minimum Gasteiger partial charge on any atom is -0.394 e. The molecule has 6 nitrogen and oxygen atoms in total. The van der Waals surface area contributed by atoms with Gasteiger partial charge in [-0.05, 0) is 19.3 Å². The highest BCUT2D eigenvalue weighted by Gasteiger charge is 2.40. The smallest absolute Gasteiger partial charge is 0.226 e. The molecule has 0 radical (unpaired) electrons. The van der Waals surface area contributed by atoms with Crippen molar-refractivity contribution in [2.75, 3.05) is 17.9 Å². The van der Waals surface area contributed by atoms with Gasteiger partial charge in [0.15, 0.2) is 14.9 Å². The van der Waals surface area contributed by atoms with Crippen LogP contribution < -0.4 is 4.72 Å². The fraction of sp³-hybridized carbons (Fsp3) is 1.00. The maximum atomic E-state index is 11.4. The lowest BCUT2D eigenvalue weighted by atomic mass is 9.78. The van der Waals surface area contributed by atoms with Crippen molar-refractivity contribution in [1.82, 2.24) is 4.72 Å². The second-order valence-corrected chi connectivity index (χ2v) is 8.28. The lowest BCUT2D eigenvalue weighted by Gasteiger charge is -2.40. The van der Waals surface area contributed by atoms with Crippen molar-refractivity contribution in [1.29, 1.82) is 0 Å². The van der Waals surface area contributed by atoms with Crippen LogP contribution in [-0.2, 0) is 19.9 Å². The van der Waals surface area contributed by atoms with E-state index in [2.05, 4.69) is 4.72 Å². The Morgan fingerprint density at radius 2 is 1.80 bits per heavy atom. The third kappa shape index (κ3) is 3.71. The highest BCUT2D eigenvalue weighted by Crippen LogP contribution is 2.31. The molecule has 0 aromatic heterocycles. The van der Waals surface area contributed by atoms with Crippen LogP contribution in [0.5, 0.6) is 0 Å². The summed E-state index contributed by atoms with van der Waals surface area (Å²) in [5.74, 6) is 0. The van der Waals surface area contributed by atoms with Gasteiger partial charge in [-0.3, -0.25) is 0 Å². The quantitative estimate of drug-likeness (QED) is 0.646. The summed E-state index contributed by atoms with van der Waals surface area (Å²) in [7, 11) is -7.45. The SMILES string of the molecule is CS(=O)(=O)CS(=O)(=O)NC1(CO)CCC1. The Labute approximate surface area is 89.7 Å². The number of sulfone groups is 1. The summed E-state index contributed by atoms with van der Waals surface area (Å²) in [6, 6.07) is 0. The van der Waals surface area contributed by atoms with Gasteiger partial charge in [0.2, 0.25) is 10.0 Å². The van der Waals surface area contributed by atoms with Gasteiger partial charge in [-0.15, -0.1) is 0 Å². The van der Waals surface area contributed by atoms with E-state index in [4.69, 9.17) is 5.11 Å². The molecule has 0 aromatic carbocycles. The number of hydrogen-bond donors (Lipinski definition) is 2. The number of hydrogen-bond acceptors (Lipinski definition) is 5. The summed E-state index contributed by atoms with van der Waals surface area (Å²) >= 11 is 0. The van der Waals surface area contributed by atoms with E-state index < -0.39 is 30.5 Å². The molecule has 0 heterocycles. The molecule has 1 aliphatic carbocycles. The standard InChI is InChI=1S/C7H15NO5S2/c1-14(10,11)6-15(12,13)8-7(5-9)3-2-4-7/h8-9H,2-6H2,1H3. The molecular weight excluding hydrogens is 242 g/mol. The molecule has 1 rings (SSSR count). The summed E-state index contributed by atoms with van der Waals surface area (Å²) in [5.41, 5.74) is -0.830. The minimum absolute atomic E-state index is 0.296. The number of nitrogens with one attached hydrogen (secondary N) is 1. The predicted molar refractivity (Wildman–Crippen MR) is 55.4 cm³/mol. The number of aliphatic hydroxyl groups excluding tert-OH is 1. The van der Waals surface area contributed by atoms with Crippen LogP contribution in [0.15, 0.2) is 0 Å². The van der Waals surface area contributed by atoms with Crippen LogP contribution in [0.1, 0.15) is 19.3 Å². The first-order valence-electron chi connectivity index (χ1n) is 4.48. The largest absolute Gasteiger partial charge is 0.394 e. The van der Waals surface area contributed by atoms with E-state index in [0.29, 0.717) is 12.8 Å². The van der Waals surface area contributed by atoms with E-state index in [-0.39, 0.29) is 6.61 Å². The highest BCUT2D eigenvalue weighted by atomic mass is 32.3. The number of rotatable bonds is 5. The van der Waals surface area contributed by atoms with Crippen molar-refractivity contribution >= 4 is 19.9 Å². The zero-order valence-corrected chi connectivity index (χ0v) is 10.1. The van der Waals surface area contributed by atoms with Crippen LogP contribution in [0.25, 0.3) is 0 Å². The Morgan fingerprint density at radius 1 is 1.27 bits per heavy atom. The van der Waals surface area contributed by atoms with E-state index in [1.165, 1.54) is 0 Å². The summed E-state index contributed by atoms with van der Waals surface area (Å²) < 4.78 is 46.8. The fourth-order valence-corrected chi connectivity index (χ4v) is 4.96. The molecule has 1 aliphatic rings. The Bertz CT molecular complexity index is 415. The van der Waals surface area contributed by atoms with Crippen LogP contribution in [0.4, 0.5) is 0 Å². The van der Waals surface area contributed by atoms with Crippen molar-refractivity contribution in [3.63, 3.8) is 0 Å². The van der Waals surface area contributed by atoms with Crippen molar-refractivity contribution in [2.45, 2.75) is 24.8 Å². The Balaban J connectivity index is 2.72. The molecule has 15 heavy (non-hydrogen) atoms. The molecule has 2 N–H and O–H groups in total. The first-order chi connectivity index (χ1) is 6.68. The fourth-order valence-electron chi connectivity index (χ4n) is 1.54. The molecule has 0 unspecified atom stereocenters. The Hall–Kier alpha value is -0.180. The van der Waals surface area contributed by atoms with E-state index in [0.717, 1.165) is 12.7 Å². The molecule has 90 valence electrons. The summed E-state index contributed by atoms with van der Waals surface area (Å²) in [6.07, 6.45) is 2.79. The zero-order valence-electron chi connectivity index (χ0n) is 8.43. The Kier molecular flexibility index (Phi) is 3.44. The molecule has 0 bridgehead atoms. The topological polar surface area (TPSA) is 101 Å².